The van der Waals surface area contributed by atoms with Gasteiger partial charge in [0, 0.05) is 18.0 Å². The van der Waals surface area contributed by atoms with Gasteiger partial charge in [-0.1, -0.05) is 0 Å². The van der Waals surface area contributed by atoms with Gasteiger partial charge in [0.05, 0.1) is 18.4 Å². The third kappa shape index (κ3) is 4.26. The summed E-state index contributed by atoms with van der Waals surface area (Å²) in [7, 11) is 3.14. The normalized spacial score (nSPS) is 14.6. The summed E-state index contributed by atoms with van der Waals surface area (Å²) < 4.78 is 0. The molecule has 6 N–H and O–H groups in total. The minimum absolute atomic E-state index is 0.138. The van der Waals surface area contributed by atoms with E-state index in [-0.39, 0.29) is 11.9 Å². The largest absolute Gasteiger partial charge is 0.349 e. The van der Waals surface area contributed by atoms with E-state index in [1.807, 2.05) is 0 Å². The van der Waals surface area contributed by atoms with E-state index in [9.17, 15) is 4.79 Å². The average molecular weight is 324 g/mol. The molecule has 0 aliphatic heterocycles. The van der Waals surface area contributed by atoms with E-state index in [1.165, 1.54) is 23.9 Å². The highest BCUT2D eigenvalue weighted by Gasteiger charge is 2.25. The number of hydrogen-bond acceptors (Lipinski definition) is 7. The zero-order valence-corrected chi connectivity index (χ0v) is 13.3. The molecule has 9 heteroatoms. The molecule has 0 aromatic heterocycles. The molecule has 120 valence electrons. The number of amidine groups is 1. The molecule has 22 heavy (non-hydrogen) atoms. The number of nitrogens with two attached hydrogens (primary N) is 2. The Hall–Kier alpha value is -1.97. The molecule has 1 amide bonds. The summed E-state index contributed by atoms with van der Waals surface area (Å²) in [6, 6.07) is 5.57. The number of hydrazone groups is 1. The SMILES string of the molecule is CONc1ccc(S/C(=N/N)N(C)N)c(C(=O)NC2CC2)c1. The number of nitrogens with one attached hydrogen (secondary N) is 2. The zero-order valence-electron chi connectivity index (χ0n) is 12.5. The number of benzene rings is 1. The predicted octanol–water partition coefficient (Wildman–Crippen LogP) is 0.679. The number of hydrazine groups is 1. The highest BCUT2D eigenvalue weighted by atomic mass is 32.2. The molecule has 1 aromatic rings. The molecule has 0 atom stereocenters. The van der Waals surface area contributed by atoms with Crippen molar-refractivity contribution in [2.45, 2.75) is 23.8 Å². The maximum atomic E-state index is 12.4. The molecule has 0 spiro atoms. The van der Waals surface area contributed by atoms with Crippen LogP contribution in [0.2, 0.25) is 0 Å². The van der Waals surface area contributed by atoms with E-state index < -0.39 is 0 Å². The van der Waals surface area contributed by atoms with Crippen LogP contribution in [0.4, 0.5) is 5.69 Å². The maximum Gasteiger partial charge on any atom is 0.252 e. The number of hydrogen-bond donors (Lipinski definition) is 4. The van der Waals surface area contributed by atoms with Gasteiger partial charge in [-0.05, 0) is 42.8 Å². The first-order chi connectivity index (χ1) is 10.5. The lowest BCUT2D eigenvalue weighted by Crippen LogP contribution is -2.32. The second kappa shape index (κ2) is 7.34. The van der Waals surface area contributed by atoms with Crippen molar-refractivity contribution in [3.05, 3.63) is 23.8 Å². The van der Waals surface area contributed by atoms with Gasteiger partial charge in [0.25, 0.3) is 5.91 Å². The molecule has 0 bridgehead atoms. The van der Waals surface area contributed by atoms with Gasteiger partial charge in [-0.15, -0.1) is 0 Å². The monoisotopic (exact) mass is 324 g/mol. The molecular formula is C13H20N6O2S. The number of anilines is 1. The Bertz CT molecular complexity index is 574. The number of carbonyl (C=O) groups is 1. The molecular weight excluding hydrogens is 304 g/mol. The highest BCUT2D eigenvalue weighted by molar-refractivity contribution is 8.13. The van der Waals surface area contributed by atoms with Crippen LogP contribution in [0.15, 0.2) is 28.2 Å². The van der Waals surface area contributed by atoms with Crippen LogP contribution in [0.5, 0.6) is 0 Å². The molecule has 2 rings (SSSR count). The fraction of sp³-hybridized carbons (Fsp3) is 0.385. The van der Waals surface area contributed by atoms with E-state index in [0.29, 0.717) is 21.3 Å². The Morgan fingerprint density at radius 3 is 2.77 bits per heavy atom. The Morgan fingerprint density at radius 1 is 1.50 bits per heavy atom. The van der Waals surface area contributed by atoms with Crippen molar-refractivity contribution in [2.75, 3.05) is 19.6 Å². The van der Waals surface area contributed by atoms with Crippen LogP contribution >= 0.6 is 11.8 Å². The zero-order chi connectivity index (χ0) is 16.1. The van der Waals surface area contributed by atoms with Crippen molar-refractivity contribution < 1.29 is 9.63 Å². The molecule has 1 fully saturated rings. The van der Waals surface area contributed by atoms with E-state index in [2.05, 4.69) is 15.9 Å². The Balaban J connectivity index is 2.27. The van der Waals surface area contributed by atoms with E-state index in [1.54, 1.807) is 25.2 Å². The first kappa shape index (κ1) is 16.4. The van der Waals surface area contributed by atoms with Gasteiger partial charge in [-0.3, -0.25) is 20.1 Å². The van der Waals surface area contributed by atoms with Crippen molar-refractivity contribution in [1.29, 1.82) is 0 Å². The summed E-state index contributed by atoms with van der Waals surface area (Å²) in [5.74, 6) is 10.8. The number of rotatable bonds is 5. The lowest BCUT2D eigenvalue weighted by atomic mass is 10.2. The van der Waals surface area contributed by atoms with Gasteiger partial charge in [0.15, 0.2) is 0 Å². The first-order valence-corrected chi connectivity index (χ1v) is 7.55. The second-order valence-corrected chi connectivity index (χ2v) is 5.90. The van der Waals surface area contributed by atoms with Gasteiger partial charge in [-0.2, -0.15) is 5.10 Å². The van der Waals surface area contributed by atoms with Crippen molar-refractivity contribution in [3.63, 3.8) is 0 Å². The minimum atomic E-state index is -0.138. The lowest BCUT2D eigenvalue weighted by Gasteiger charge is -2.16. The van der Waals surface area contributed by atoms with Gasteiger partial charge in [-0.25, -0.2) is 5.84 Å². The summed E-state index contributed by atoms with van der Waals surface area (Å²) in [5.41, 5.74) is 3.91. The smallest absolute Gasteiger partial charge is 0.252 e. The van der Waals surface area contributed by atoms with Crippen LogP contribution in [0.25, 0.3) is 0 Å². The summed E-state index contributed by atoms with van der Waals surface area (Å²) in [5, 5.41) is 8.28. The number of carbonyl (C=O) groups excluding carboxylic acids is 1. The number of amides is 1. The van der Waals surface area contributed by atoms with Crippen LogP contribution in [0.1, 0.15) is 23.2 Å². The molecule has 1 aliphatic rings. The van der Waals surface area contributed by atoms with Crippen LogP contribution in [-0.2, 0) is 4.84 Å². The van der Waals surface area contributed by atoms with Gasteiger partial charge < -0.3 is 11.2 Å². The van der Waals surface area contributed by atoms with Crippen LogP contribution in [0, 0.1) is 0 Å². The maximum absolute atomic E-state index is 12.4. The summed E-state index contributed by atoms with van der Waals surface area (Å²) in [6.07, 6.45) is 2.04. The van der Waals surface area contributed by atoms with E-state index in [0.717, 1.165) is 12.8 Å². The second-order valence-electron chi connectivity index (χ2n) is 4.89. The van der Waals surface area contributed by atoms with Gasteiger partial charge >= 0.3 is 0 Å². The topological polar surface area (TPSA) is 118 Å². The van der Waals surface area contributed by atoms with Crippen LogP contribution in [-0.4, -0.2) is 36.3 Å². The summed E-state index contributed by atoms with van der Waals surface area (Å²) in [4.78, 5) is 18.0. The number of nitrogens with zero attached hydrogens (tertiary/aromatic N) is 2. The Morgan fingerprint density at radius 2 is 2.23 bits per heavy atom. The third-order valence-electron chi connectivity index (χ3n) is 2.97. The molecule has 1 aliphatic carbocycles. The van der Waals surface area contributed by atoms with Crippen molar-refractivity contribution >= 4 is 28.5 Å². The molecule has 8 nitrogen and oxygen atoms in total. The van der Waals surface area contributed by atoms with Crippen molar-refractivity contribution in [2.24, 2.45) is 16.8 Å². The molecule has 1 saturated carbocycles. The standard InChI is InChI=1S/C13H20N6O2S/c1-19(15)13(17-14)22-11-6-5-9(18-21-2)7-10(11)12(20)16-8-3-4-8/h5-8,18H,3-4,14-15H2,1-2H3,(H,16,20)/b17-13+. The van der Waals surface area contributed by atoms with Crippen molar-refractivity contribution in [3.8, 4) is 0 Å². The quantitative estimate of drug-likeness (QED) is 0.207. The molecule has 0 heterocycles. The van der Waals surface area contributed by atoms with Crippen LogP contribution in [0.3, 0.4) is 0 Å². The molecule has 0 radical (unpaired) electrons. The van der Waals surface area contributed by atoms with E-state index >= 15 is 0 Å². The number of thioether (sulfide) groups is 1. The third-order valence-corrected chi connectivity index (χ3v) is 4.12. The molecule has 0 saturated heterocycles. The van der Waals surface area contributed by atoms with E-state index in [4.69, 9.17) is 16.5 Å². The predicted molar refractivity (Wildman–Crippen MR) is 87.0 cm³/mol. The first-order valence-electron chi connectivity index (χ1n) is 6.73. The fourth-order valence-electron chi connectivity index (χ4n) is 1.76. The average Bonchev–Trinajstić information content (AvgIpc) is 3.29. The Kier molecular flexibility index (Phi) is 5.47. The summed E-state index contributed by atoms with van der Waals surface area (Å²) >= 11 is 1.22. The fourth-order valence-corrected chi connectivity index (χ4v) is 2.55. The molecule has 1 aromatic carbocycles. The lowest BCUT2D eigenvalue weighted by molar-refractivity contribution is 0.0948. The van der Waals surface area contributed by atoms with Crippen LogP contribution < -0.4 is 22.5 Å². The summed E-state index contributed by atoms with van der Waals surface area (Å²) in [6.45, 7) is 0. The van der Waals surface area contributed by atoms with Gasteiger partial charge in [0.2, 0.25) is 5.17 Å². The molecule has 0 unspecified atom stereocenters. The highest BCUT2D eigenvalue weighted by Crippen LogP contribution is 2.28. The minimum Gasteiger partial charge on any atom is -0.349 e. The van der Waals surface area contributed by atoms with Gasteiger partial charge in [0.1, 0.15) is 0 Å². The van der Waals surface area contributed by atoms with Crippen molar-refractivity contribution in [1.82, 2.24) is 10.3 Å². The Labute approximate surface area is 133 Å².